The molecule has 0 radical (unpaired) electrons. The summed E-state index contributed by atoms with van der Waals surface area (Å²) in [6.45, 7) is 8.10. The minimum absolute atomic E-state index is 0.115. The number of nitrogens with one attached hydrogen (secondary N) is 2. The van der Waals surface area contributed by atoms with Gasteiger partial charge in [-0.3, -0.25) is 14.9 Å². The molecule has 6 heteroatoms. The predicted octanol–water partition coefficient (Wildman–Crippen LogP) is 2.37. The van der Waals surface area contributed by atoms with Gasteiger partial charge in [0.1, 0.15) is 11.6 Å². The molecule has 2 fully saturated rings. The standard InChI is InChI=1S/C17H28N2O4/c1-10(2)12-6-5-11(3)9-13(12)23-16(22)19-17(4)8-7-14(20)18-15(17)21/h10-13H,5-9H2,1-4H3,(H,19,22)(H,18,20,21)/t11?,12?,13?,17-/m1/s1. The Bertz CT molecular complexity index is 491. The van der Waals surface area contributed by atoms with Gasteiger partial charge >= 0.3 is 6.09 Å². The van der Waals surface area contributed by atoms with Crippen molar-refractivity contribution in [2.45, 2.75) is 71.4 Å². The first-order valence-electron chi connectivity index (χ1n) is 8.54. The van der Waals surface area contributed by atoms with E-state index in [4.69, 9.17) is 4.74 Å². The van der Waals surface area contributed by atoms with Crippen molar-refractivity contribution in [1.82, 2.24) is 10.6 Å². The van der Waals surface area contributed by atoms with Crippen molar-refractivity contribution in [3.8, 4) is 0 Å². The summed E-state index contributed by atoms with van der Waals surface area (Å²) in [5, 5.41) is 4.93. The highest BCUT2D eigenvalue weighted by molar-refractivity contribution is 6.03. The molecular weight excluding hydrogens is 296 g/mol. The van der Waals surface area contributed by atoms with E-state index in [-0.39, 0.29) is 18.4 Å². The smallest absolute Gasteiger partial charge is 0.408 e. The maximum atomic E-state index is 12.3. The number of rotatable bonds is 3. The van der Waals surface area contributed by atoms with Crippen LogP contribution in [0, 0.1) is 17.8 Å². The molecule has 1 saturated heterocycles. The number of ether oxygens (including phenoxy) is 1. The fraction of sp³-hybridized carbons (Fsp3) is 0.824. The molecule has 1 aliphatic carbocycles. The second-order valence-corrected chi connectivity index (χ2v) is 7.60. The maximum absolute atomic E-state index is 12.3. The number of amides is 3. The predicted molar refractivity (Wildman–Crippen MR) is 85.5 cm³/mol. The van der Waals surface area contributed by atoms with E-state index >= 15 is 0 Å². The third-order valence-corrected chi connectivity index (χ3v) is 5.20. The number of alkyl carbamates (subject to hydrolysis) is 1. The minimum atomic E-state index is -1.08. The molecule has 4 atom stereocenters. The Kier molecular flexibility index (Phi) is 5.32. The molecule has 3 amide bonds. The zero-order valence-electron chi connectivity index (χ0n) is 14.5. The Morgan fingerprint density at radius 3 is 2.65 bits per heavy atom. The average Bonchev–Trinajstić information content (AvgIpc) is 2.43. The average molecular weight is 324 g/mol. The van der Waals surface area contributed by atoms with E-state index in [1.54, 1.807) is 6.92 Å². The highest BCUT2D eigenvalue weighted by atomic mass is 16.6. The summed E-state index contributed by atoms with van der Waals surface area (Å²) >= 11 is 0. The van der Waals surface area contributed by atoms with Gasteiger partial charge in [0.2, 0.25) is 5.91 Å². The summed E-state index contributed by atoms with van der Waals surface area (Å²) in [6.07, 6.45) is 2.91. The third-order valence-electron chi connectivity index (χ3n) is 5.20. The SMILES string of the molecule is CC1CCC(C(C)C)C(OC(=O)N[C@]2(C)CCC(=O)NC2=O)C1. The molecule has 2 rings (SSSR count). The van der Waals surface area contributed by atoms with Crippen LogP contribution in [-0.2, 0) is 14.3 Å². The van der Waals surface area contributed by atoms with Gasteiger partial charge in [-0.05, 0) is 43.9 Å². The summed E-state index contributed by atoms with van der Waals surface area (Å²) in [6, 6.07) is 0. The molecule has 2 N–H and O–H groups in total. The monoisotopic (exact) mass is 324 g/mol. The van der Waals surface area contributed by atoms with Crippen LogP contribution in [0.5, 0.6) is 0 Å². The number of carbonyl (C=O) groups is 3. The number of hydrogen-bond donors (Lipinski definition) is 2. The molecule has 1 aliphatic heterocycles. The first kappa shape index (κ1) is 17.8. The van der Waals surface area contributed by atoms with Crippen LogP contribution in [0.3, 0.4) is 0 Å². The number of carbonyl (C=O) groups excluding carboxylic acids is 3. The van der Waals surface area contributed by atoms with Crippen LogP contribution in [-0.4, -0.2) is 29.6 Å². The quantitative estimate of drug-likeness (QED) is 0.781. The van der Waals surface area contributed by atoms with E-state index in [1.807, 2.05) is 0 Å². The van der Waals surface area contributed by atoms with E-state index in [9.17, 15) is 14.4 Å². The zero-order chi connectivity index (χ0) is 17.2. The number of hydrogen-bond acceptors (Lipinski definition) is 4. The number of imide groups is 1. The lowest BCUT2D eigenvalue weighted by atomic mass is 9.75. The molecule has 130 valence electrons. The van der Waals surface area contributed by atoms with Gasteiger partial charge in [-0.1, -0.05) is 27.2 Å². The van der Waals surface area contributed by atoms with Crippen molar-refractivity contribution < 1.29 is 19.1 Å². The van der Waals surface area contributed by atoms with Gasteiger partial charge in [0.15, 0.2) is 0 Å². The van der Waals surface area contributed by atoms with Gasteiger partial charge in [0.05, 0.1) is 0 Å². The summed E-state index contributed by atoms with van der Waals surface area (Å²) in [4.78, 5) is 35.5. The van der Waals surface area contributed by atoms with Crippen LogP contribution in [0.4, 0.5) is 4.79 Å². The Labute approximate surface area is 137 Å². The van der Waals surface area contributed by atoms with E-state index in [0.717, 1.165) is 19.3 Å². The van der Waals surface area contributed by atoms with Crippen molar-refractivity contribution in [2.24, 2.45) is 17.8 Å². The van der Waals surface area contributed by atoms with E-state index in [1.165, 1.54) is 0 Å². The third kappa shape index (κ3) is 4.24. The van der Waals surface area contributed by atoms with Crippen molar-refractivity contribution >= 4 is 17.9 Å². The van der Waals surface area contributed by atoms with Gasteiger partial charge in [-0.25, -0.2) is 4.79 Å². The maximum Gasteiger partial charge on any atom is 0.408 e. The van der Waals surface area contributed by atoms with Crippen molar-refractivity contribution in [2.75, 3.05) is 0 Å². The molecule has 0 aromatic carbocycles. The Balaban J connectivity index is 1.97. The van der Waals surface area contributed by atoms with Crippen LogP contribution in [0.1, 0.15) is 59.8 Å². The van der Waals surface area contributed by atoms with E-state index in [2.05, 4.69) is 31.4 Å². The van der Waals surface area contributed by atoms with Crippen molar-refractivity contribution in [3.63, 3.8) is 0 Å². The van der Waals surface area contributed by atoms with Crippen LogP contribution in [0.15, 0.2) is 0 Å². The van der Waals surface area contributed by atoms with E-state index < -0.39 is 17.5 Å². The fourth-order valence-electron chi connectivity index (χ4n) is 3.57. The van der Waals surface area contributed by atoms with E-state index in [0.29, 0.717) is 24.2 Å². The number of piperidine rings is 1. The highest BCUT2D eigenvalue weighted by Gasteiger charge is 2.41. The van der Waals surface area contributed by atoms with Gasteiger partial charge in [-0.2, -0.15) is 0 Å². The second-order valence-electron chi connectivity index (χ2n) is 7.60. The zero-order valence-corrected chi connectivity index (χ0v) is 14.5. The molecule has 1 saturated carbocycles. The molecule has 0 bridgehead atoms. The van der Waals surface area contributed by atoms with Gasteiger partial charge in [-0.15, -0.1) is 0 Å². The lowest BCUT2D eigenvalue weighted by Gasteiger charge is -2.38. The Morgan fingerprint density at radius 1 is 1.35 bits per heavy atom. The summed E-state index contributed by atoms with van der Waals surface area (Å²) in [5.74, 6) is 0.568. The summed E-state index contributed by atoms with van der Waals surface area (Å²) < 4.78 is 5.66. The lowest BCUT2D eigenvalue weighted by molar-refractivity contribution is -0.138. The normalized spacial score (nSPS) is 34.9. The van der Waals surface area contributed by atoms with Crippen molar-refractivity contribution in [3.05, 3.63) is 0 Å². The van der Waals surface area contributed by atoms with Gasteiger partial charge in [0.25, 0.3) is 5.91 Å². The Morgan fingerprint density at radius 2 is 2.04 bits per heavy atom. The molecule has 0 aromatic heterocycles. The first-order chi connectivity index (χ1) is 10.7. The molecule has 0 spiro atoms. The highest BCUT2D eigenvalue weighted by Crippen LogP contribution is 2.35. The molecule has 1 heterocycles. The first-order valence-corrected chi connectivity index (χ1v) is 8.54. The fourth-order valence-corrected chi connectivity index (χ4v) is 3.57. The van der Waals surface area contributed by atoms with Crippen LogP contribution in [0.25, 0.3) is 0 Å². The molecule has 3 unspecified atom stereocenters. The molecule has 0 aromatic rings. The largest absolute Gasteiger partial charge is 0.446 e. The Hall–Kier alpha value is -1.59. The van der Waals surface area contributed by atoms with Crippen LogP contribution in [0.2, 0.25) is 0 Å². The lowest BCUT2D eigenvalue weighted by Crippen LogP contribution is -2.61. The minimum Gasteiger partial charge on any atom is -0.446 e. The van der Waals surface area contributed by atoms with Crippen LogP contribution >= 0.6 is 0 Å². The molecular formula is C17H28N2O4. The molecule has 2 aliphatic rings. The topological polar surface area (TPSA) is 84.5 Å². The second kappa shape index (κ2) is 6.89. The molecule has 6 nitrogen and oxygen atoms in total. The van der Waals surface area contributed by atoms with Gasteiger partial charge in [0, 0.05) is 6.42 Å². The summed E-state index contributed by atoms with van der Waals surface area (Å²) in [7, 11) is 0. The van der Waals surface area contributed by atoms with Gasteiger partial charge < -0.3 is 10.1 Å². The van der Waals surface area contributed by atoms with Crippen molar-refractivity contribution in [1.29, 1.82) is 0 Å². The molecule has 23 heavy (non-hydrogen) atoms. The van der Waals surface area contributed by atoms with Crippen LogP contribution < -0.4 is 10.6 Å². The summed E-state index contributed by atoms with van der Waals surface area (Å²) in [5.41, 5.74) is -1.08.